The second-order valence-corrected chi connectivity index (χ2v) is 15.1. The van der Waals surface area contributed by atoms with Crippen LogP contribution in [0, 0.1) is 0 Å². The van der Waals surface area contributed by atoms with Crippen LogP contribution < -0.4 is 0 Å². The van der Waals surface area contributed by atoms with Gasteiger partial charge in [-0.05, 0) is 134 Å². The van der Waals surface area contributed by atoms with Gasteiger partial charge in [-0.2, -0.15) is 0 Å². The fourth-order valence-electron chi connectivity index (χ4n) is 9.92. The fraction of sp³-hybridized carbons (Fsp3) is 0.0182. The summed E-state index contributed by atoms with van der Waals surface area (Å²) in [5.41, 5.74) is 21.0. The van der Waals surface area contributed by atoms with E-state index in [1.807, 2.05) is 0 Å². The number of benzene rings is 10. The summed E-state index contributed by atoms with van der Waals surface area (Å²) in [6.07, 6.45) is 0.930. The predicted molar refractivity (Wildman–Crippen MR) is 233 cm³/mol. The molecule has 254 valence electrons. The van der Waals surface area contributed by atoms with Crippen molar-refractivity contribution < 1.29 is 0 Å². The highest BCUT2D eigenvalue weighted by Crippen LogP contribution is 2.59. The lowest BCUT2D eigenvalue weighted by atomic mass is 9.82. The van der Waals surface area contributed by atoms with E-state index in [0.717, 1.165) is 6.42 Å². The van der Waals surface area contributed by atoms with Crippen LogP contribution in [0.1, 0.15) is 11.1 Å². The highest BCUT2D eigenvalue weighted by Gasteiger charge is 2.31. The van der Waals surface area contributed by atoms with Crippen LogP contribution in [0.15, 0.2) is 194 Å². The average Bonchev–Trinajstić information content (AvgIpc) is 3.76. The Bertz CT molecular complexity index is 3100. The molecule has 0 unspecified atom stereocenters. The zero-order chi connectivity index (χ0) is 36.0. The van der Waals surface area contributed by atoms with Crippen LogP contribution in [0.2, 0.25) is 0 Å². The van der Waals surface area contributed by atoms with E-state index in [1.54, 1.807) is 0 Å². The lowest BCUT2D eigenvalue weighted by molar-refractivity contribution is 1.21. The van der Waals surface area contributed by atoms with Crippen molar-refractivity contribution in [1.82, 2.24) is 0 Å². The van der Waals surface area contributed by atoms with Crippen LogP contribution in [0.5, 0.6) is 0 Å². The van der Waals surface area contributed by atoms with E-state index in [9.17, 15) is 0 Å². The predicted octanol–water partition coefficient (Wildman–Crippen LogP) is 15.0. The van der Waals surface area contributed by atoms with Crippen LogP contribution >= 0.6 is 0 Å². The summed E-state index contributed by atoms with van der Waals surface area (Å²) in [5.74, 6) is 0. The molecule has 0 heterocycles. The van der Waals surface area contributed by atoms with Gasteiger partial charge in [-0.1, -0.05) is 188 Å². The molecular weight excluding hydrogens is 661 g/mol. The minimum atomic E-state index is 0.930. The van der Waals surface area contributed by atoms with Crippen molar-refractivity contribution in [1.29, 1.82) is 0 Å². The third-order valence-electron chi connectivity index (χ3n) is 12.2. The molecule has 0 aliphatic heterocycles. The van der Waals surface area contributed by atoms with Gasteiger partial charge >= 0.3 is 0 Å². The maximum absolute atomic E-state index is 2.45. The molecule has 0 spiro atoms. The Morgan fingerprint density at radius 3 is 1.44 bits per heavy atom. The molecule has 0 saturated heterocycles. The molecule has 0 bridgehead atoms. The summed E-state index contributed by atoms with van der Waals surface area (Å²) in [6, 6.07) is 72.3. The van der Waals surface area contributed by atoms with Gasteiger partial charge < -0.3 is 0 Å². The van der Waals surface area contributed by atoms with Crippen LogP contribution in [-0.4, -0.2) is 0 Å². The number of fused-ring (bicyclic) bond motifs is 7. The molecule has 0 radical (unpaired) electrons. The van der Waals surface area contributed by atoms with Crippen molar-refractivity contribution in [3.8, 4) is 77.9 Å². The maximum Gasteiger partial charge on any atom is -0.000741 e. The highest BCUT2D eigenvalue weighted by atomic mass is 14.3. The first-order valence-corrected chi connectivity index (χ1v) is 19.3. The first kappa shape index (κ1) is 30.4. The van der Waals surface area contributed by atoms with E-state index in [2.05, 4.69) is 194 Å². The quantitative estimate of drug-likeness (QED) is 0.168. The third-order valence-corrected chi connectivity index (χ3v) is 12.2. The van der Waals surface area contributed by atoms with E-state index in [4.69, 9.17) is 0 Å². The summed E-state index contributed by atoms with van der Waals surface area (Å²) in [7, 11) is 0. The number of rotatable bonds is 5. The lowest BCUT2D eigenvalue weighted by Gasteiger charge is -2.20. The molecule has 0 amide bonds. The molecule has 0 saturated carbocycles. The molecule has 0 fully saturated rings. The van der Waals surface area contributed by atoms with Gasteiger partial charge in [0.25, 0.3) is 0 Å². The van der Waals surface area contributed by atoms with Gasteiger partial charge in [0.2, 0.25) is 0 Å². The minimum absolute atomic E-state index is 0.930. The van der Waals surface area contributed by atoms with Crippen LogP contribution in [0.3, 0.4) is 0 Å². The van der Waals surface area contributed by atoms with Crippen molar-refractivity contribution in [2.75, 3.05) is 0 Å². The van der Waals surface area contributed by atoms with Gasteiger partial charge in [-0.25, -0.2) is 0 Å². The van der Waals surface area contributed by atoms with E-state index in [0.29, 0.717) is 0 Å². The summed E-state index contributed by atoms with van der Waals surface area (Å²) in [5, 5.41) is 7.96. The first-order chi connectivity index (χ1) is 27.3. The highest BCUT2D eigenvalue weighted by molar-refractivity contribution is 6.29. The van der Waals surface area contributed by atoms with Crippen LogP contribution in [-0.2, 0) is 6.42 Å². The van der Waals surface area contributed by atoms with Crippen LogP contribution in [0.4, 0.5) is 0 Å². The van der Waals surface area contributed by atoms with Gasteiger partial charge in [0.05, 0.1) is 0 Å². The minimum Gasteiger partial charge on any atom is -0.0622 e. The van der Waals surface area contributed by atoms with Gasteiger partial charge in [0, 0.05) is 0 Å². The normalized spacial score (nSPS) is 12.1. The zero-order valence-electron chi connectivity index (χ0n) is 30.2. The molecule has 10 aromatic carbocycles. The maximum atomic E-state index is 2.45. The second-order valence-electron chi connectivity index (χ2n) is 15.1. The monoisotopic (exact) mass is 694 g/mol. The smallest absolute Gasteiger partial charge is 0.000741 e. The molecule has 10 aromatic rings. The summed E-state index contributed by atoms with van der Waals surface area (Å²) in [6.45, 7) is 0. The molecule has 2 aliphatic rings. The molecule has 0 heteroatoms. The van der Waals surface area contributed by atoms with Crippen molar-refractivity contribution in [2.45, 2.75) is 6.42 Å². The topological polar surface area (TPSA) is 0 Å². The van der Waals surface area contributed by atoms with Gasteiger partial charge in [0.1, 0.15) is 0 Å². The molecule has 55 heavy (non-hydrogen) atoms. The van der Waals surface area contributed by atoms with E-state index >= 15 is 0 Å². The summed E-state index contributed by atoms with van der Waals surface area (Å²) in [4.78, 5) is 0. The summed E-state index contributed by atoms with van der Waals surface area (Å²) < 4.78 is 0. The molecule has 0 aromatic heterocycles. The molecule has 0 nitrogen and oxygen atoms in total. The first-order valence-electron chi connectivity index (χ1n) is 19.3. The Labute approximate surface area is 320 Å². The van der Waals surface area contributed by atoms with Crippen molar-refractivity contribution >= 4 is 32.3 Å². The SMILES string of the molecule is c1ccc(Cc2ccc3c4c(cccc24)-c2ccc(-c4ccc5c6c(cccc46)-c4c-5c(-c5ccccc5)c5ccccc5c4-c4ccccc4)cc2-3)cc1. The number of hydrogen-bond donors (Lipinski definition) is 0. The van der Waals surface area contributed by atoms with E-state index in [1.165, 1.54) is 121 Å². The third kappa shape index (κ3) is 4.40. The molecular formula is C55H34. The van der Waals surface area contributed by atoms with Crippen molar-refractivity contribution in [3.05, 3.63) is 205 Å². The average molecular weight is 695 g/mol. The molecule has 2 aliphatic carbocycles. The molecule has 0 N–H and O–H groups in total. The van der Waals surface area contributed by atoms with Gasteiger partial charge in [0.15, 0.2) is 0 Å². The fourth-order valence-corrected chi connectivity index (χ4v) is 9.92. The standard InChI is InChI=1S/C55H34/c1-4-14-34(15-5-1)32-37-27-29-46-49-33-38(26-28-41(49)43-24-12-22-40(37)52(43)46)39-30-31-48-53-42(39)23-13-25-47(53)54-50(35-16-6-2-7-17-35)44-20-10-11-21-45(44)51(55(48)54)36-18-8-3-9-19-36/h1-31,33H,32H2. The second kappa shape index (κ2) is 11.7. The van der Waals surface area contributed by atoms with Crippen molar-refractivity contribution in [2.24, 2.45) is 0 Å². The molecule has 12 rings (SSSR count). The Kier molecular flexibility index (Phi) is 6.50. The van der Waals surface area contributed by atoms with Gasteiger partial charge in [-0.3, -0.25) is 0 Å². The Morgan fingerprint density at radius 2 is 0.745 bits per heavy atom. The Balaban J connectivity index is 1.08. The van der Waals surface area contributed by atoms with E-state index in [-0.39, 0.29) is 0 Å². The Hall–Kier alpha value is -7.02. The van der Waals surface area contributed by atoms with Crippen LogP contribution in [0.25, 0.3) is 110 Å². The molecule has 0 atom stereocenters. The summed E-state index contributed by atoms with van der Waals surface area (Å²) >= 11 is 0. The van der Waals surface area contributed by atoms with E-state index < -0.39 is 0 Å². The lowest BCUT2D eigenvalue weighted by Crippen LogP contribution is -1.93. The van der Waals surface area contributed by atoms with Gasteiger partial charge in [-0.15, -0.1) is 0 Å². The van der Waals surface area contributed by atoms with Crippen molar-refractivity contribution in [3.63, 3.8) is 0 Å². The zero-order valence-corrected chi connectivity index (χ0v) is 30.2. The number of hydrogen-bond acceptors (Lipinski definition) is 0. The Morgan fingerprint density at radius 1 is 0.255 bits per heavy atom. The largest absolute Gasteiger partial charge is 0.0622 e.